The van der Waals surface area contributed by atoms with Crippen molar-refractivity contribution in [1.29, 1.82) is 0 Å². The van der Waals surface area contributed by atoms with Gasteiger partial charge in [-0.2, -0.15) is 0 Å². The lowest BCUT2D eigenvalue weighted by molar-refractivity contribution is -0.0840. The van der Waals surface area contributed by atoms with Crippen LogP contribution in [0, 0.1) is 5.92 Å². The van der Waals surface area contributed by atoms with Crippen LogP contribution in [-0.4, -0.2) is 25.8 Å². The fourth-order valence-corrected chi connectivity index (χ4v) is 3.54. The average Bonchev–Trinajstić information content (AvgIpc) is 2.39. The van der Waals surface area contributed by atoms with Crippen LogP contribution >= 0.6 is 0 Å². The molecule has 0 saturated heterocycles. The van der Waals surface area contributed by atoms with Crippen molar-refractivity contribution in [2.24, 2.45) is 5.92 Å². The third-order valence-corrected chi connectivity index (χ3v) is 4.61. The molecule has 2 aliphatic carbocycles. The molecule has 0 unspecified atom stereocenters. The molecule has 0 aliphatic heterocycles. The number of hydrogen-bond acceptors (Lipinski definition) is 2. The third kappa shape index (κ3) is 3.96. The van der Waals surface area contributed by atoms with Crippen molar-refractivity contribution in [3.63, 3.8) is 0 Å². The summed E-state index contributed by atoms with van der Waals surface area (Å²) in [7, 11) is 2.06. The maximum Gasteiger partial charge on any atom is 0.0806 e. The molecule has 0 aromatic heterocycles. The van der Waals surface area contributed by atoms with Gasteiger partial charge in [-0.1, -0.05) is 38.5 Å². The van der Waals surface area contributed by atoms with Gasteiger partial charge in [0.05, 0.1) is 12.2 Å². The zero-order valence-electron chi connectivity index (χ0n) is 11.5. The van der Waals surface area contributed by atoms with E-state index in [0.29, 0.717) is 0 Å². The first-order valence-corrected chi connectivity index (χ1v) is 7.63. The van der Waals surface area contributed by atoms with Crippen LogP contribution in [0.25, 0.3) is 0 Å². The number of likely N-dealkylation sites (N-methyl/N-ethyl adjacent to an activating group) is 1. The van der Waals surface area contributed by atoms with E-state index in [-0.39, 0.29) is 5.60 Å². The molecular formula is C15H29NO. The van der Waals surface area contributed by atoms with Crippen LogP contribution in [0.4, 0.5) is 0 Å². The van der Waals surface area contributed by atoms with Crippen molar-refractivity contribution in [3.8, 4) is 0 Å². The summed E-state index contributed by atoms with van der Waals surface area (Å²) in [6, 6.07) is 0. The Morgan fingerprint density at radius 2 is 1.65 bits per heavy atom. The fourth-order valence-electron chi connectivity index (χ4n) is 3.54. The van der Waals surface area contributed by atoms with Gasteiger partial charge in [-0.15, -0.1) is 0 Å². The Labute approximate surface area is 107 Å². The first kappa shape index (κ1) is 13.4. The molecule has 2 saturated carbocycles. The van der Waals surface area contributed by atoms with E-state index < -0.39 is 0 Å². The molecule has 2 heteroatoms. The molecule has 0 aromatic carbocycles. The highest BCUT2D eigenvalue weighted by Gasteiger charge is 2.33. The molecule has 0 aromatic rings. The van der Waals surface area contributed by atoms with Gasteiger partial charge < -0.3 is 10.1 Å². The van der Waals surface area contributed by atoms with Gasteiger partial charge in [0.2, 0.25) is 0 Å². The number of nitrogens with one attached hydrogen (secondary N) is 1. The minimum absolute atomic E-state index is 0.171. The van der Waals surface area contributed by atoms with E-state index in [1.54, 1.807) is 0 Å². The topological polar surface area (TPSA) is 21.3 Å². The van der Waals surface area contributed by atoms with Gasteiger partial charge in [-0.05, 0) is 38.6 Å². The Hall–Kier alpha value is -0.0800. The summed E-state index contributed by atoms with van der Waals surface area (Å²) in [4.78, 5) is 0. The summed E-state index contributed by atoms with van der Waals surface area (Å²) >= 11 is 0. The van der Waals surface area contributed by atoms with Crippen molar-refractivity contribution in [3.05, 3.63) is 0 Å². The Bertz CT molecular complexity index is 199. The maximum atomic E-state index is 6.39. The van der Waals surface area contributed by atoms with Crippen molar-refractivity contribution in [2.75, 3.05) is 20.2 Å². The molecule has 2 fully saturated rings. The van der Waals surface area contributed by atoms with Crippen LogP contribution < -0.4 is 5.32 Å². The SMILES string of the molecule is CNCC1(OCC2CCCCC2)CCCCC1. The molecule has 1 N–H and O–H groups in total. The third-order valence-electron chi connectivity index (χ3n) is 4.61. The lowest BCUT2D eigenvalue weighted by Gasteiger charge is -2.38. The van der Waals surface area contributed by atoms with Gasteiger partial charge in [0.25, 0.3) is 0 Å². The summed E-state index contributed by atoms with van der Waals surface area (Å²) in [6.07, 6.45) is 13.7. The summed E-state index contributed by atoms with van der Waals surface area (Å²) in [6.45, 7) is 2.06. The summed E-state index contributed by atoms with van der Waals surface area (Å²) in [5, 5.41) is 3.34. The summed E-state index contributed by atoms with van der Waals surface area (Å²) in [5.41, 5.74) is 0.171. The molecule has 100 valence electrons. The minimum Gasteiger partial charge on any atom is -0.373 e. The molecule has 0 amide bonds. The zero-order valence-corrected chi connectivity index (χ0v) is 11.5. The molecule has 17 heavy (non-hydrogen) atoms. The maximum absolute atomic E-state index is 6.39. The van der Waals surface area contributed by atoms with E-state index in [0.717, 1.165) is 19.1 Å². The molecule has 0 radical (unpaired) electrons. The predicted molar refractivity (Wildman–Crippen MR) is 72.3 cm³/mol. The summed E-state index contributed by atoms with van der Waals surface area (Å²) < 4.78 is 6.39. The Balaban J connectivity index is 1.79. The van der Waals surface area contributed by atoms with Crippen molar-refractivity contribution in [2.45, 2.75) is 69.8 Å². The summed E-state index contributed by atoms with van der Waals surface area (Å²) in [5.74, 6) is 0.847. The minimum atomic E-state index is 0.171. The van der Waals surface area contributed by atoms with Crippen LogP contribution in [0.3, 0.4) is 0 Å². The molecule has 2 nitrogen and oxygen atoms in total. The highest BCUT2D eigenvalue weighted by Crippen LogP contribution is 2.33. The van der Waals surface area contributed by atoms with Gasteiger partial charge in [-0.3, -0.25) is 0 Å². The second-order valence-electron chi connectivity index (χ2n) is 6.09. The Kier molecular flexibility index (Phi) is 5.30. The van der Waals surface area contributed by atoms with Crippen molar-refractivity contribution < 1.29 is 4.74 Å². The predicted octanol–water partition coefficient (Wildman–Crippen LogP) is 3.51. The quantitative estimate of drug-likeness (QED) is 0.793. The Morgan fingerprint density at radius 1 is 1.00 bits per heavy atom. The molecule has 2 rings (SSSR count). The first-order chi connectivity index (χ1) is 8.35. The van der Waals surface area contributed by atoms with E-state index in [1.165, 1.54) is 64.2 Å². The first-order valence-electron chi connectivity index (χ1n) is 7.63. The van der Waals surface area contributed by atoms with Gasteiger partial charge in [0, 0.05) is 6.54 Å². The van der Waals surface area contributed by atoms with Gasteiger partial charge in [0.15, 0.2) is 0 Å². The smallest absolute Gasteiger partial charge is 0.0806 e. The average molecular weight is 239 g/mol. The zero-order chi connectivity index (χ0) is 12.0. The van der Waals surface area contributed by atoms with E-state index >= 15 is 0 Å². The molecule has 2 aliphatic rings. The number of rotatable bonds is 5. The van der Waals surface area contributed by atoms with Crippen LogP contribution in [0.2, 0.25) is 0 Å². The normalized spacial score (nSPS) is 25.9. The second kappa shape index (κ2) is 6.75. The molecule has 0 heterocycles. The molecule has 0 spiro atoms. The van der Waals surface area contributed by atoms with E-state index in [1.807, 2.05) is 0 Å². The Morgan fingerprint density at radius 3 is 2.29 bits per heavy atom. The van der Waals surface area contributed by atoms with Crippen LogP contribution in [0.1, 0.15) is 64.2 Å². The monoisotopic (exact) mass is 239 g/mol. The van der Waals surface area contributed by atoms with E-state index in [9.17, 15) is 0 Å². The fraction of sp³-hybridized carbons (Fsp3) is 1.00. The molecular weight excluding hydrogens is 210 g/mol. The van der Waals surface area contributed by atoms with Gasteiger partial charge >= 0.3 is 0 Å². The lowest BCUT2D eigenvalue weighted by atomic mass is 9.84. The second-order valence-corrected chi connectivity index (χ2v) is 6.09. The largest absolute Gasteiger partial charge is 0.373 e. The number of hydrogen-bond donors (Lipinski definition) is 1. The van der Waals surface area contributed by atoms with E-state index in [2.05, 4.69) is 12.4 Å². The molecule has 0 bridgehead atoms. The van der Waals surface area contributed by atoms with Gasteiger partial charge in [-0.25, -0.2) is 0 Å². The standard InChI is InChI=1S/C15H29NO/c1-16-13-15(10-6-3-7-11-15)17-12-14-8-4-2-5-9-14/h14,16H,2-13H2,1H3. The van der Waals surface area contributed by atoms with Crippen molar-refractivity contribution >= 4 is 0 Å². The van der Waals surface area contributed by atoms with Crippen LogP contribution in [0.5, 0.6) is 0 Å². The van der Waals surface area contributed by atoms with Gasteiger partial charge in [0.1, 0.15) is 0 Å². The van der Waals surface area contributed by atoms with Crippen LogP contribution in [0.15, 0.2) is 0 Å². The lowest BCUT2D eigenvalue weighted by Crippen LogP contribution is -2.44. The van der Waals surface area contributed by atoms with Crippen LogP contribution in [-0.2, 0) is 4.74 Å². The number of ether oxygens (including phenoxy) is 1. The van der Waals surface area contributed by atoms with E-state index in [4.69, 9.17) is 4.74 Å². The van der Waals surface area contributed by atoms with Crippen molar-refractivity contribution in [1.82, 2.24) is 5.32 Å². The highest BCUT2D eigenvalue weighted by atomic mass is 16.5. The molecule has 0 atom stereocenters. The highest BCUT2D eigenvalue weighted by molar-refractivity contribution is 4.86.